The molecule has 0 aliphatic rings. The Kier molecular flexibility index (Phi) is 5.06. The van der Waals surface area contributed by atoms with E-state index in [-0.39, 0.29) is 0 Å². The van der Waals surface area contributed by atoms with E-state index in [1.54, 1.807) is 0 Å². The standard InChI is InChI=1S/C14H22N2/c1-5-16(11-12(2)10-15-4)14-9-7-6-8-13(14)3/h6-9,15H,2,5,10-11H2,1,3-4H3. The molecule has 0 radical (unpaired) electrons. The van der Waals surface area contributed by atoms with E-state index in [0.717, 1.165) is 19.6 Å². The van der Waals surface area contributed by atoms with E-state index in [9.17, 15) is 0 Å². The van der Waals surface area contributed by atoms with E-state index in [0.29, 0.717) is 0 Å². The Morgan fingerprint density at radius 2 is 2.06 bits per heavy atom. The maximum Gasteiger partial charge on any atom is 0.0398 e. The number of benzene rings is 1. The van der Waals surface area contributed by atoms with Gasteiger partial charge in [-0.1, -0.05) is 24.8 Å². The number of rotatable bonds is 6. The van der Waals surface area contributed by atoms with E-state index in [1.165, 1.54) is 16.8 Å². The number of hydrogen-bond donors (Lipinski definition) is 1. The van der Waals surface area contributed by atoms with E-state index in [1.807, 2.05) is 7.05 Å². The second-order valence-corrected chi connectivity index (χ2v) is 4.08. The summed E-state index contributed by atoms with van der Waals surface area (Å²) in [4.78, 5) is 2.36. The van der Waals surface area contributed by atoms with Crippen molar-refractivity contribution in [1.29, 1.82) is 0 Å². The van der Waals surface area contributed by atoms with Crippen LogP contribution in [0.15, 0.2) is 36.4 Å². The number of likely N-dealkylation sites (N-methyl/N-ethyl adjacent to an activating group) is 2. The van der Waals surface area contributed by atoms with E-state index in [4.69, 9.17) is 0 Å². The van der Waals surface area contributed by atoms with Crippen molar-refractivity contribution in [2.24, 2.45) is 0 Å². The van der Waals surface area contributed by atoms with Gasteiger partial charge in [0.1, 0.15) is 0 Å². The molecular formula is C14H22N2. The minimum atomic E-state index is 0.877. The van der Waals surface area contributed by atoms with Crippen molar-refractivity contribution in [1.82, 2.24) is 5.32 Å². The quantitative estimate of drug-likeness (QED) is 0.738. The first kappa shape index (κ1) is 12.8. The minimum Gasteiger partial charge on any atom is -0.368 e. The molecule has 0 unspecified atom stereocenters. The number of aryl methyl sites for hydroxylation is 1. The fourth-order valence-corrected chi connectivity index (χ4v) is 1.86. The van der Waals surface area contributed by atoms with Crippen molar-refractivity contribution in [2.45, 2.75) is 13.8 Å². The number of anilines is 1. The summed E-state index contributed by atoms with van der Waals surface area (Å²) in [5.74, 6) is 0. The second kappa shape index (κ2) is 6.33. The fraction of sp³-hybridized carbons (Fsp3) is 0.429. The third-order valence-electron chi connectivity index (χ3n) is 2.68. The molecule has 0 fully saturated rings. The molecular weight excluding hydrogens is 196 g/mol. The molecule has 2 heteroatoms. The zero-order valence-electron chi connectivity index (χ0n) is 10.6. The molecule has 0 saturated carbocycles. The van der Waals surface area contributed by atoms with Crippen LogP contribution in [0.1, 0.15) is 12.5 Å². The zero-order chi connectivity index (χ0) is 12.0. The van der Waals surface area contributed by atoms with Crippen LogP contribution in [-0.4, -0.2) is 26.7 Å². The van der Waals surface area contributed by atoms with Crippen LogP contribution in [0.2, 0.25) is 0 Å². The Balaban J connectivity index is 2.75. The topological polar surface area (TPSA) is 15.3 Å². The van der Waals surface area contributed by atoms with Crippen LogP contribution in [0.25, 0.3) is 0 Å². The highest BCUT2D eigenvalue weighted by Gasteiger charge is 2.07. The largest absolute Gasteiger partial charge is 0.368 e. The van der Waals surface area contributed by atoms with Gasteiger partial charge < -0.3 is 10.2 Å². The Bertz CT molecular complexity index is 344. The summed E-state index contributed by atoms with van der Waals surface area (Å²) in [6.45, 7) is 11.2. The summed E-state index contributed by atoms with van der Waals surface area (Å²) in [6.07, 6.45) is 0. The van der Waals surface area contributed by atoms with Gasteiger partial charge in [-0.05, 0) is 38.1 Å². The molecule has 1 N–H and O–H groups in total. The van der Waals surface area contributed by atoms with Crippen LogP contribution >= 0.6 is 0 Å². The first-order chi connectivity index (χ1) is 7.69. The second-order valence-electron chi connectivity index (χ2n) is 4.08. The number of nitrogens with one attached hydrogen (secondary N) is 1. The SMILES string of the molecule is C=C(CNC)CN(CC)c1ccccc1C. The van der Waals surface area contributed by atoms with Crippen molar-refractivity contribution in [3.63, 3.8) is 0 Å². The predicted octanol–water partition coefficient (Wildman–Crippen LogP) is 2.60. The smallest absolute Gasteiger partial charge is 0.0398 e. The molecule has 16 heavy (non-hydrogen) atoms. The van der Waals surface area contributed by atoms with Gasteiger partial charge >= 0.3 is 0 Å². The number of hydrogen-bond acceptors (Lipinski definition) is 2. The van der Waals surface area contributed by atoms with Crippen LogP contribution in [-0.2, 0) is 0 Å². The monoisotopic (exact) mass is 218 g/mol. The van der Waals surface area contributed by atoms with Crippen LogP contribution in [0.5, 0.6) is 0 Å². The van der Waals surface area contributed by atoms with Gasteiger partial charge in [-0.3, -0.25) is 0 Å². The van der Waals surface area contributed by atoms with Gasteiger partial charge in [0.15, 0.2) is 0 Å². The van der Waals surface area contributed by atoms with Crippen molar-refractivity contribution in [3.05, 3.63) is 42.0 Å². The van der Waals surface area contributed by atoms with Crippen molar-refractivity contribution >= 4 is 5.69 Å². The maximum atomic E-state index is 4.08. The Labute approximate surface area is 99.0 Å². The predicted molar refractivity (Wildman–Crippen MR) is 72.1 cm³/mol. The highest BCUT2D eigenvalue weighted by molar-refractivity contribution is 5.53. The lowest BCUT2D eigenvalue weighted by atomic mass is 10.1. The lowest BCUT2D eigenvalue weighted by molar-refractivity contribution is 0.809. The van der Waals surface area contributed by atoms with Crippen molar-refractivity contribution < 1.29 is 0 Å². The molecule has 0 aromatic heterocycles. The molecule has 2 nitrogen and oxygen atoms in total. The molecule has 0 aliphatic carbocycles. The summed E-state index contributed by atoms with van der Waals surface area (Å²) < 4.78 is 0. The Hall–Kier alpha value is -1.28. The molecule has 1 aromatic carbocycles. The molecule has 88 valence electrons. The summed E-state index contributed by atoms with van der Waals surface area (Å²) >= 11 is 0. The van der Waals surface area contributed by atoms with E-state index < -0.39 is 0 Å². The Morgan fingerprint density at radius 3 is 2.62 bits per heavy atom. The molecule has 0 spiro atoms. The van der Waals surface area contributed by atoms with Crippen molar-refractivity contribution in [2.75, 3.05) is 31.6 Å². The van der Waals surface area contributed by atoms with E-state index >= 15 is 0 Å². The molecule has 0 aliphatic heterocycles. The molecule has 1 rings (SSSR count). The lowest BCUT2D eigenvalue weighted by Crippen LogP contribution is -2.28. The molecule has 0 atom stereocenters. The average molecular weight is 218 g/mol. The summed E-state index contributed by atoms with van der Waals surface area (Å²) in [5.41, 5.74) is 3.84. The normalized spacial score (nSPS) is 10.2. The maximum absolute atomic E-state index is 4.08. The zero-order valence-corrected chi connectivity index (χ0v) is 10.6. The molecule has 0 bridgehead atoms. The first-order valence-corrected chi connectivity index (χ1v) is 5.80. The minimum absolute atomic E-state index is 0.877. The van der Waals surface area contributed by atoms with Crippen molar-refractivity contribution in [3.8, 4) is 0 Å². The molecule has 1 aromatic rings. The van der Waals surface area contributed by atoms with Gasteiger partial charge in [-0.25, -0.2) is 0 Å². The number of nitrogens with zero attached hydrogens (tertiary/aromatic N) is 1. The highest BCUT2D eigenvalue weighted by Crippen LogP contribution is 2.19. The van der Waals surface area contributed by atoms with Crippen LogP contribution in [0.4, 0.5) is 5.69 Å². The summed E-state index contributed by atoms with van der Waals surface area (Å²) in [5, 5.41) is 3.14. The lowest BCUT2D eigenvalue weighted by Gasteiger charge is -2.25. The van der Waals surface area contributed by atoms with E-state index in [2.05, 4.69) is 54.9 Å². The van der Waals surface area contributed by atoms with Crippen LogP contribution in [0.3, 0.4) is 0 Å². The van der Waals surface area contributed by atoms with Crippen LogP contribution in [0, 0.1) is 6.92 Å². The average Bonchev–Trinajstić information content (AvgIpc) is 2.27. The van der Waals surface area contributed by atoms with Crippen LogP contribution < -0.4 is 10.2 Å². The van der Waals surface area contributed by atoms with Gasteiger partial charge in [0, 0.05) is 25.3 Å². The van der Waals surface area contributed by atoms with Gasteiger partial charge in [0.25, 0.3) is 0 Å². The molecule has 0 amide bonds. The van der Waals surface area contributed by atoms with Gasteiger partial charge in [-0.15, -0.1) is 0 Å². The van der Waals surface area contributed by atoms with Gasteiger partial charge in [-0.2, -0.15) is 0 Å². The molecule has 0 saturated heterocycles. The van der Waals surface area contributed by atoms with Gasteiger partial charge in [0.05, 0.1) is 0 Å². The highest BCUT2D eigenvalue weighted by atomic mass is 15.1. The third kappa shape index (κ3) is 3.38. The van der Waals surface area contributed by atoms with Gasteiger partial charge in [0.2, 0.25) is 0 Å². The third-order valence-corrected chi connectivity index (χ3v) is 2.68. The fourth-order valence-electron chi connectivity index (χ4n) is 1.86. The summed E-state index contributed by atoms with van der Waals surface area (Å²) in [7, 11) is 1.95. The summed E-state index contributed by atoms with van der Waals surface area (Å²) in [6, 6.07) is 8.49. The first-order valence-electron chi connectivity index (χ1n) is 5.80. The Morgan fingerprint density at radius 1 is 1.38 bits per heavy atom. The number of para-hydroxylation sites is 1. The molecule has 0 heterocycles.